The Morgan fingerprint density at radius 3 is 2.78 bits per heavy atom. The highest BCUT2D eigenvalue weighted by atomic mass is 35.5. The van der Waals surface area contributed by atoms with E-state index in [1.165, 1.54) is 0 Å². The second kappa shape index (κ2) is 5.74. The van der Waals surface area contributed by atoms with Gasteiger partial charge in [0.05, 0.1) is 12.3 Å². The third-order valence-electron chi connectivity index (χ3n) is 2.79. The SMILES string of the molecule is Cn1cc(CCC(O)c2ccc(Cl)cc2Cl)cn1. The van der Waals surface area contributed by atoms with Crippen LogP contribution in [0.25, 0.3) is 0 Å². The molecule has 3 nitrogen and oxygen atoms in total. The number of rotatable bonds is 4. The van der Waals surface area contributed by atoms with Crippen molar-refractivity contribution in [2.75, 3.05) is 0 Å². The zero-order valence-electron chi connectivity index (χ0n) is 9.98. The lowest BCUT2D eigenvalue weighted by atomic mass is 10.0. The molecule has 0 fully saturated rings. The van der Waals surface area contributed by atoms with Gasteiger partial charge in [0, 0.05) is 23.3 Å². The van der Waals surface area contributed by atoms with Crippen LogP contribution in [0.1, 0.15) is 23.7 Å². The molecule has 2 aromatic rings. The Balaban J connectivity index is 2.01. The molecule has 1 atom stereocenters. The van der Waals surface area contributed by atoms with Crippen LogP contribution in [0.2, 0.25) is 10.0 Å². The molecule has 0 radical (unpaired) electrons. The molecular weight excluding hydrogens is 271 g/mol. The third kappa shape index (κ3) is 3.25. The maximum absolute atomic E-state index is 10.1. The number of nitrogens with zero attached hydrogens (tertiary/aromatic N) is 2. The molecule has 0 bridgehead atoms. The van der Waals surface area contributed by atoms with Gasteiger partial charge in [-0.2, -0.15) is 5.10 Å². The average Bonchev–Trinajstić information content (AvgIpc) is 2.72. The average molecular weight is 285 g/mol. The van der Waals surface area contributed by atoms with E-state index in [0.29, 0.717) is 22.0 Å². The predicted octanol–water partition coefficient (Wildman–Crippen LogP) is 3.39. The molecule has 1 N–H and O–H groups in total. The van der Waals surface area contributed by atoms with Crippen LogP contribution in [-0.4, -0.2) is 14.9 Å². The number of aliphatic hydroxyl groups is 1. The van der Waals surface area contributed by atoms with Crippen molar-refractivity contribution in [1.82, 2.24) is 9.78 Å². The molecular formula is C13H14Cl2N2O. The molecule has 0 aliphatic heterocycles. The molecule has 1 aromatic carbocycles. The molecule has 1 aromatic heterocycles. The maximum Gasteiger partial charge on any atom is 0.0807 e. The van der Waals surface area contributed by atoms with E-state index in [-0.39, 0.29) is 0 Å². The zero-order valence-corrected chi connectivity index (χ0v) is 11.5. The van der Waals surface area contributed by atoms with E-state index >= 15 is 0 Å². The highest BCUT2D eigenvalue weighted by Crippen LogP contribution is 2.28. The summed E-state index contributed by atoms with van der Waals surface area (Å²) in [6.07, 6.45) is 4.52. The maximum atomic E-state index is 10.1. The normalized spacial score (nSPS) is 12.7. The molecule has 0 saturated carbocycles. The summed E-state index contributed by atoms with van der Waals surface area (Å²) in [7, 11) is 1.87. The first kappa shape index (κ1) is 13.4. The van der Waals surface area contributed by atoms with E-state index in [1.807, 2.05) is 13.2 Å². The van der Waals surface area contributed by atoms with Crippen LogP contribution in [0.3, 0.4) is 0 Å². The molecule has 18 heavy (non-hydrogen) atoms. The molecule has 96 valence electrons. The molecule has 0 aliphatic carbocycles. The minimum Gasteiger partial charge on any atom is -0.388 e. The van der Waals surface area contributed by atoms with Gasteiger partial charge in [0.15, 0.2) is 0 Å². The Labute approximate surface area is 116 Å². The first-order valence-electron chi connectivity index (χ1n) is 5.67. The Hall–Kier alpha value is -1.03. The van der Waals surface area contributed by atoms with Gasteiger partial charge in [-0.25, -0.2) is 0 Å². The summed E-state index contributed by atoms with van der Waals surface area (Å²) in [5.74, 6) is 0. The fourth-order valence-electron chi connectivity index (χ4n) is 1.83. The molecule has 2 rings (SSSR count). The Morgan fingerprint density at radius 1 is 1.39 bits per heavy atom. The van der Waals surface area contributed by atoms with Gasteiger partial charge in [0.2, 0.25) is 0 Å². The van der Waals surface area contributed by atoms with Crippen molar-refractivity contribution in [2.45, 2.75) is 18.9 Å². The van der Waals surface area contributed by atoms with E-state index < -0.39 is 6.10 Å². The molecule has 0 aliphatic rings. The highest BCUT2D eigenvalue weighted by Gasteiger charge is 2.12. The van der Waals surface area contributed by atoms with Crippen LogP contribution in [0.5, 0.6) is 0 Å². The first-order chi connectivity index (χ1) is 8.56. The monoisotopic (exact) mass is 284 g/mol. The van der Waals surface area contributed by atoms with Gasteiger partial charge >= 0.3 is 0 Å². The molecule has 5 heteroatoms. The lowest BCUT2D eigenvalue weighted by molar-refractivity contribution is 0.168. The van der Waals surface area contributed by atoms with Crippen molar-refractivity contribution in [1.29, 1.82) is 0 Å². The van der Waals surface area contributed by atoms with Crippen LogP contribution in [-0.2, 0) is 13.5 Å². The topological polar surface area (TPSA) is 38.0 Å². The largest absolute Gasteiger partial charge is 0.388 e. The summed E-state index contributed by atoms with van der Waals surface area (Å²) in [6, 6.07) is 5.14. The van der Waals surface area contributed by atoms with Gasteiger partial charge in [-0.15, -0.1) is 0 Å². The van der Waals surface area contributed by atoms with Crippen LogP contribution in [0.15, 0.2) is 30.6 Å². The summed E-state index contributed by atoms with van der Waals surface area (Å²) >= 11 is 11.9. The number of hydrogen-bond donors (Lipinski definition) is 1. The van der Waals surface area contributed by atoms with Gasteiger partial charge in [0.25, 0.3) is 0 Å². The van der Waals surface area contributed by atoms with Gasteiger partial charge < -0.3 is 5.11 Å². The molecule has 0 saturated heterocycles. The highest BCUT2D eigenvalue weighted by molar-refractivity contribution is 6.35. The first-order valence-corrected chi connectivity index (χ1v) is 6.42. The number of aromatic nitrogens is 2. The number of hydrogen-bond acceptors (Lipinski definition) is 2. The van der Waals surface area contributed by atoms with E-state index in [9.17, 15) is 5.11 Å². The summed E-state index contributed by atoms with van der Waals surface area (Å²) in [4.78, 5) is 0. The van der Waals surface area contributed by atoms with E-state index in [2.05, 4.69) is 5.10 Å². The van der Waals surface area contributed by atoms with Crippen molar-refractivity contribution in [2.24, 2.45) is 7.05 Å². The molecule has 0 amide bonds. The fourth-order valence-corrected chi connectivity index (χ4v) is 2.37. The lowest BCUT2D eigenvalue weighted by Gasteiger charge is -2.12. The lowest BCUT2D eigenvalue weighted by Crippen LogP contribution is -2.00. The second-order valence-corrected chi connectivity index (χ2v) is 5.09. The van der Waals surface area contributed by atoms with E-state index in [0.717, 1.165) is 12.0 Å². The number of aryl methyl sites for hydroxylation is 2. The number of aliphatic hydroxyl groups excluding tert-OH is 1. The number of halogens is 2. The van der Waals surface area contributed by atoms with Crippen molar-refractivity contribution < 1.29 is 5.11 Å². The summed E-state index contributed by atoms with van der Waals surface area (Å²) < 4.78 is 1.75. The van der Waals surface area contributed by atoms with Crippen LogP contribution >= 0.6 is 23.2 Å². The van der Waals surface area contributed by atoms with Gasteiger partial charge in [-0.1, -0.05) is 29.3 Å². The van der Waals surface area contributed by atoms with E-state index in [4.69, 9.17) is 23.2 Å². The summed E-state index contributed by atoms with van der Waals surface area (Å²) in [6.45, 7) is 0. The Kier molecular flexibility index (Phi) is 4.27. The predicted molar refractivity (Wildman–Crippen MR) is 73.0 cm³/mol. The smallest absolute Gasteiger partial charge is 0.0807 e. The Bertz CT molecular complexity index is 540. The van der Waals surface area contributed by atoms with Gasteiger partial charge in [-0.3, -0.25) is 4.68 Å². The summed E-state index contributed by atoms with van der Waals surface area (Å²) in [5, 5.41) is 15.3. The standard InChI is InChI=1S/C13H14Cl2N2O/c1-17-8-9(7-16-17)2-5-13(18)11-4-3-10(14)6-12(11)15/h3-4,6-8,13,18H,2,5H2,1H3. The fraction of sp³-hybridized carbons (Fsp3) is 0.308. The van der Waals surface area contributed by atoms with Gasteiger partial charge in [-0.05, 0) is 36.1 Å². The van der Waals surface area contributed by atoms with Crippen molar-refractivity contribution in [3.63, 3.8) is 0 Å². The molecule has 1 heterocycles. The van der Waals surface area contributed by atoms with E-state index in [1.54, 1.807) is 29.1 Å². The molecule has 1 unspecified atom stereocenters. The van der Waals surface area contributed by atoms with Crippen molar-refractivity contribution >= 4 is 23.2 Å². The molecule has 0 spiro atoms. The Morgan fingerprint density at radius 2 is 2.17 bits per heavy atom. The van der Waals surface area contributed by atoms with Crippen molar-refractivity contribution in [3.05, 3.63) is 51.8 Å². The van der Waals surface area contributed by atoms with Crippen LogP contribution < -0.4 is 0 Å². The zero-order chi connectivity index (χ0) is 13.1. The second-order valence-electron chi connectivity index (χ2n) is 4.24. The van der Waals surface area contributed by atoms with Crippen LogP contribution in [0.4, 0.5) is 0 Å². The quantitative estimate of drug-likeness (QED) is 0.935. The minimum atomic E-state index is -0.588. The summed E-state index contributed by atoms with van der Waals surface area (Å²) in [5.41, 5.74) is 1.81. The number of benzene rings is 1. The van der Waals surface area contributed by atoms with Crippen LogP contribution in [0, 0.1) is 0 Å². The van der Waals surface area contributed by atoms with Gasteiger partial charge in [0.1, 0.15) is 0 Å². The minimum absolute atomic E-state index is 0.501. The third-order valence-corrected chi connectivity index (χ3v) is 3.35. The van der Waals surface area contributed by atoms with Crippen molar-refractivity contribution in [3.8, 4) is 0 Å².